The van der Waals surface area contributed by atoms with Gasteiger partial charge in [-0.25, -0.2) is 4.39 Å². The molecule has 0 spiro atoms. The van der Waals surface area contributed by atoms with Crippen LogP contribution in [0.25, 0.3) is 0 Å². The standard InChI is InChI=1S/C18H19ClFN/c1-21-18(11-15-16(19)7-4-8-17(15)20)14-10-9-12-5-2-3-6-13(12)14/h2-8,14,18,21H,9-11H2,1H3. The summed E-state index contributed by atoms with van der Waals surface area (Å²) in [7, 11) is 1.94. The lowest BCUT2D eigenvalue weighted by Gasteiger charge is -2.25. The number of rotatable bonds is 4. The molecule has 0 heterocycles. The van der Waals surface area contributed by atoms with Crippen molar-refractivity contribution in [1.29, 1.82) is 0 Å². The quantitative estimate of drug-likeness (QED) is 0.886. The van der Waals surface area contributed by atoms with Crippen molar-refractivity contribution in [3.8, 4) is 0 Å². The van der Waals surface area contributed by atoms with Crippen LogP contribution >= 0.6 is 11.6 Å². The van der Waals surface area contributed by atoms with E-state index in [1.54, 1.807) is 12.1 Å². The summed E-state index contributed by atoms with van der Waals surface area (Å²) >= 11 is 6.17. The summed E-state index contributed by atoms with van der Waals surface area (Å²) in [4.78, 5) is 0. The van der Waals surface area contributed by atoms with Crippen LogP contribution in [0.15, 0.2) is 42.5 Å². The van der Waals surface area contributed by atoms with Gasteiger partial charge in [-0.1, -0.05) is 41.9 Å². The van der Waals surface area contributed by atoms with Gasteiger partial charge in [-0.05, 0) is 49.6 Å². The molecule has 1 nitrogen and oxygen atoms in total. The highest BCUT2D eigenvalue weighted by molar-refractivity contribution is 6.31. The lowest BCUT2D eigenvalue weighted by atomic mass is 9.88. The van der Waals surface area contributed by atoms with E-state index in [2.05, 4.69) is 29.6 Å². The molecule has 0 aromatic heterocycles. The number of likely N-dealkylation sites (N-methyl/N-ethyl adjacent to an activating group) is 1. The molecule has 2 aromatic carbocycles. The summed E-state index contributed by atoms with van der Waals surface area (Å²) in [6, 6.07) is 13.6. The van der Waals surface area contributed by atoms with Crippen molar-refractivity contribution in [1.82, 2.24) is 5.32 Å². The van der Waals surface area contributed by atoms with Crippen LogP contribution in [0, 0.1) is 5.82 Å². The van der Waals surface area contributed by atoms with E-state index >= 15 is 0 Å². The number of nitrogens with one attached hydrogen (secondary N) is 1. The second kappa shape index (κ2) is 6.17. The number of hydrogen-bond donors (Lipinski definition) is 1. The molecule has 3 rings (SSSR count). The Hall–Kier alpha value is -1.38. The van der Waals surface area contributed by atoms with Crippen LogP contribution < -0.4 is 5.32 Å². The van der Waals surface area contributed by atoms with Gasteiger partial charge in [0.15, 0.2) is 0 Å². The van der Waals surface area contributed by atoms with Crippen LogP contribution in [0.3, 0.4) is 0 Å². The molecule has 110 valence electrons. The predicted octanol–water partition coefficient (Wildman–Crippen LogP) is 4.34. The average Bonchev–Trinajstić information content (AvgIpc) is 2.91. The third-order valence-corrected chi connectivity index (χ3v) is 4.88. The summed E-state index contributed by atoms with van der Waals surface area (Å²) in [6.45, 7) is 0. The molecule has 0 aliphatic heterocycles. The molecule has 0 bridgehead atoms. The van der Waals surface area contributed by atoms with Gasteiger partial charge in [0, 0.05) is 22.5 Å². The van der Waals surface area contributed by atoms with Crippen molar-refractivity contribution in [2.75, 3.05) is 7.05 Å². The first-order valence-electron chi connectivity index (χ1n) is 7.38. The normalized spacial score (nSPS) is 18.5. The Morgan fingerprint density at radius 1 is 1.24 bits per heavy atom. The minimum atomic E-state index is -0.214. The highest BCUT2D eigenvalue weighted by Gasteiger charge is 2.29. The highest BCUT2D eigenvalue weighted by atomic mass is 35.5. The molecule has 21 heavy (non-hydrogen) atoms. The van der Waals surface area contributed by atoms with E-state index in [0.717, 1.165) is 12.8 Å². The molecule has 2 atom stereocenters. The molecule has 2 unspecified atom stereocenters. The first-order chi connectivity index (χ1) is 10.2. The number of fused-ring (bicyclic) bond motifs is 1. The van der Waals surface area contributed by atoms with E-state index in [-0.39, 0.29) is 11.9 Å². The summed E-state index contributed by atoms with van der Waals surface area (Å²) in [5.74, 6) is 0.205. The Kier molecular flexibility index (Phi) is 4.27. The van der Waals surface area contributed by atoms with Crippen LogP contribution in [0.1, 0.15) is 29.0 Å². The third kappa shape index (κ3) is 2.83. The smallest absolute Gasteiger partial charge is 0.127 e. The maximum Gasteiger partial charge on any atom is 0.127 e. The number of aryl methyl sites for hydroxylation is 1. The summed E-state index contributed by atoms with van der Waals surface area (Å²) < 4.78 is 14.0. The van der Waals surface area contributed by atoms with Crippen molar-refractivity contribution in [3.63, 3.8) is 0 Å². The van der Waals surface area contributed by atoms with Crippen LogP contribution in [-0.4, -0.2) is 13.1 Å². The lowest BCUT2D eigenvalue weighted by molar-refractivity contribution is 0.448. The summed E-state index contributed by atoms with van der Waals surface area (Å²) in [6.07, 6.45) is 2.82. The zero-order valence-electron chi connectivity index (χ0n) is 12.1. The topological polar surface area (TPSA) is 12.0 Å². The number of halogens is 2. The predicted molar refractivity (Wildman–Crippen MR) is 85.5 cm³/mol. The van der Waals surface area contributed by atoms with Crippen LogP contribution in [0.2, 0.25) is 5.02 Å². The zero-order chi connectivity index (χ0) is 14.8. The fourth-order valence-electron chi connectivity index (χ4n) is 3.40. The van der Waals surface area contributed by atoms with Crippen molar-refractivity contribution < 1.29 is 4.39 Å². The van der Waals surface area contributed by atoms with Crippen LogP contribution in [-0.2, 0) is 12.8 Å². The monoisotopic (exact) mass is 303 g/mol. The maximum atomic E-state index is 14.0. The number of hydrogen-bond acceptors (Lipinski definition) is 1. The van der Waals surface area contributed by atoms with E-state index in [0.29, 0.717) is 22.9 Å². The van der Waals surface area contributed by atoms with Gasteiger partial charge in [-0.2, -0.15) is 0 Å². The van der Waals surface area contributed by atoms with Gasteiger partial charge in [-0.15, -0.1) is 0 Å². The van der Waals surface area contributed by atoms with Crippen LogP contribution in [0.5, 0.6) is 0 Å². The van der Waals surface area contributed by atoms with Gasteiger partial charge >= 0.3 is 0 Å². The fraction of sp³-hybridized carbons (Fsp3) is 0.333. The van der Waals surface area contributed by atoms with E-state index in [9.17, 15) is 4.39 Å². The van der Waals surface area contributed by atoms with E-state index in [4.69, 9.17) is 11.6 Å². The molecule has 0 amide bonds. The van der Waals surface area contributed by atoms with Gasteiger partial charge in [0.2, 0.25) is 0 Å². The fourth-order valence-corrected chi connectivity index (χ4v) is 3.64. The summed E-state index contributed by atoms with van der Waals surface area (Å²) in [5, 5.41) is 3.88. The van der Waals surface area contributed by atoms with Crippen molar-refractivity contribution in [2.24, 2.45) is 0 Å². The molecular formula is C18H19ClFN. The number of benzene rings is 2. The molecule has 0 saturated heterocycles. The molecule has 1 aliphatic carbocycles. The van der Waals surface area contributed by atoms with Gasteiger partial charge in [0.05, 0.1) is 0 Å². The minimum Gasteiger partial charge on any atom is -0.316 e. The molecule has 0 saturated carbocycles. The van der Waals surface area contributed by atoms with E-state index in [1.807, 2.05) is 7.05 Å². The Labute approximate surface area is 130 Å². The molecular weight excluding hydrogens is 285 g/mol. The zero-order valence-corrected chi connectivity index (χ0v) is 12.8. The SMILES string of the molecule is CNC(Cc1c(F)cccc1Cl)C1CCc2ccccc21. The molecule has 0 radical (unpaired) electrons. The highest BCUT2D eigenvalue weighted by Crippen LogP contribution is 2.37. The lowest BCUT2D eigenvalue weighted by Crippen LogP contribution is -2.33. The maximum absolute atomic E-state index is 14.0. The van der Waals surface area contributed by atoms with Crippen molar-refractivity contribution >= 4 is 11.6 Å². The van der Waals surface area contributed by atoms with Crippen LogP contribution in [0.4, 0.5) is 4.39 Å². The van der Waals surface area contributed by atoms with Gasteiger partial charge < -0.3 is 5.32 Å². The largest absolute Gasteiger partial charge is 0.316 e. The second-order valence-electron chi connectivity index (χ2n) is 5.64. The average molecular weight is 304 g/mol. The van der Waals surface area contributed by atoms with E-state index in [1.165, 1.54) is 17.2 Å². The first kappa shape index (κ1) is 14.6. The molecule has 2 aromatic rings. The molecule has 1 N–H and O–H groups in total. The van der Waals surface area contributed by atoms with Gasteiger partial charge in [-0.3, -0.25) is 0 Å². The Morgan fingerprint density at radius 3 is 2.81 bits per heavy atom. The molecule has 0 fully saturated rings. The van der Waals surface area contributed by atoms with Gasteiger partial charge in [0.25, 0.3) is 0 Å². The molecule has 3 heteroatoms. The Morgan fingerprint density at radius 2 is 2.05 bits per heavy atom. The van der Waals surface area contributed by atoms with E-state index < -0.39 is 0 Å². The summed E-state index contributed by atoms with van der Waals surface area (Å²) in [5.41, 5.74) is 3.43. The Balaban J connectivity index is 1.87. The third-order valence-electron chi connectivity index (χ3n) is 4.52. The molecule has 1 aliphatic rings. The van der Waals surface area contributed by atoms with Crippen molar-refractivity contribution in [2.45, 2.75) is 31.2 Å². The minimum absolute atomic E-state index is 0.197. The van der Waals surface area contributed by atoms with Crippen molar-refractivity contribution in [3.05, 3.63) is 70.0 Å². The second-order valence-corrected chi connectivity index (χ2v) is 6.05. The first-order valence-corrected chi connectivity index (χ1v) is 7.76. The Bertz CT molecular complexity index is 621. The van der Waals surface area contributed by atoms with Gasteiger partial charge in [0.1, 0.15) is 5.82 Å².